The number of hydrogen-bond donors (Lipinski definition) is 1. The Morgan fingerprint density at radius 1 is 1.20 bits per heavy atom. The Labute approximate surface area is 129 Å². The lowest BCUT2D eigenvalue weighted by Gasteiger charge is -2.08. The molecular weight excluding hydrogens is 290 g/mol. The summed E-state index contributed by atoms with van der Waals surface area (Å²) in [5.74, 6) is 2.57. The molecule has 1 aromatic heterocycles. The molecule has 0 aliphatic rings. The highest BCUT2D eigenvalue weighted by Gasteiger charge is 2.05. The van der Waals surface area contributed by atoms with Crippen LogP contribution in [-0.4, -0.2) is 16.5 Å². The van der Waals surface area contributed by atoms with Crippen LogP contribution in [0, 0.1) is 0 Å². The van der Waals surface area contributed by atoms with E-state index in [0.717, 1.165) is 46.0 Å². The van der Waals surface area contributed by atoms with Crippen LogP contribution in [0.5, 0.6) is 0 Å². The fraction of sp³-hybridized carbons (Fsp3) is 0.333. The maximum Gasteiger partial charge on any atom is 0.131 e. The van der Waals surface area contributed by atoms with Crippen molar-refractivity contribution in [2.45, 2.75) is 31.0 Å². The molecule has 0 saturated heterocycles. The molecule has 0 bridgehead atoms. The Morgan fingerprint density at radius 3 is 2.70 bits per heavy atom. The predicted molar refractivity (Wildman–Crippen MR) is 86.6 cm³/mol. The molecule has 1 N–H and O–H groups in total. The van der Waals surface area contributed by atoms with E-state index in [1.807, 2.05) is 30.3 Å². The van der Waals surface area contributed by atoms with Crippen LogP contribution in [-0.2, 0) is 12.2 Å². The number of rotatable bonds is 6. The summed E-state index contributed by atoms with van der Waals surface area (Å²) in [6.45, 7) is 4.98. The fourth-order valence-corrected chi connectivity index (χ4v) is 2.95. The molecule has 2 aromatic rings. The number of benzene rings is 1. The molecule has 0 spiro atoms. The Morgan fingerprint density at radius 2 is 2.00 bits per heavy atom. The monoisotopic (exact) mass is 307 g/mol. The number of aromatic nitrogens is 2. The van der Waals surface area contributed by atoms with E-state index in [1.165, 1.54) is 0 Å². The van der Waals surface area contributed by atoms with Gasteiger partial charge in [-0.3, -0.25) is 0 Å². The minimum atomic E-state index is 0.802. The third-order valence-corrected chi connectivity index (χ3v) is 4.09. The van der Waals surface area contributed by atoms with E-state index in [9.17, 15) is 0 Å². The Balaban J connectivity index is 2.12. The first-order chi connectivity index (χ1) is 9.72. The topological polar surface area (TPSA) is 37.8 Å². The summed E-state index contributed by atoms with van der Waals surface area (Å²) in [5, 5.41) is 5.02. The zero-order chi connectivity index (χ0) is 14.4. The number of anilines is 1. The van der Waals surface area contributed by atoms with Crippen LogP contribution in [0.25, 0.3) is 0 Å². The normalized spacial score (nSPS) is 10.6. The molecule has 0 saturated carbocycles. The van der Waals surface area contributed by atoms with E-state index in [2.05, 4.69) is 29.1 Å². The Kier molecular flexibility index (Phi) is 5.68. The average molecular weight is 308 g/mol. The summed E-state index contributed by atoms with van der Waals surface area (Å²) < 4.78 is 0. The molecule has 0 atom stereocenters. The van der Waals surface area contributed by atoms with Crippen LogP contribution >= 0.6 is 23.4 Å². The van der Waals surface area contributed by atoms with E-state index >= 15 is 0 Å². The van der Waals surface area contributed by atoms with Crippen molar-refractivity contribution in [2.24, 2.45) is 0 Å². The number of halogens is 1. The predicted octanol–water partition coefficient (Wildman–Crippen LogP) is 4.42. The van der Waals surface area contributed by atoms with E-state index < -0.39 is 0 Å². The lowest BCUT2D eigenvalue weighted by molar-refractivity contribution is 0.887. The van der Waals surface area contributed by atoms with Gasteiger partial charge in [0, 0.05) is 29.8 Å². The van der Waals surface area contributed by atoms with Gasteiger partial charge in [-0.25, -0.2) is 9.97 Å². The van der Waals surface area contributed by atoms with Crippen LogP contribution in [0.2, 0.25) is 5.02 Å². The third-order valence-electron chi connectivity index (χ3n) is 2.76. The molecule has 0 aliphatic heterocycles. The minimum absolute atomic E-state index is 0.802. The van der Waals surface area contributed by atoms with Gasteiger partial charge in [-0.05, 0) is 18.6 Å². The summed E-state index contributed by atoms with van der Waals surface area (Å²) in [7, 11) is 0. The van der Waals surface area contributed by atoms with E-state index in [0.29, 0.717) is 0 Å². The molecule has 3 nitrogen and oxygen atoms in total. The van der Waals surface area contributed by atoms with Gasteiger partial charge < -0.3 is 5.32 Å². The molecule has 0 fully saturated rings. The van der Waals surface area contributed by atoms with Crippen LogP contribution in [0.15, 0.2) is 35.4 Å². The van der Waals surface area contributed by atoms with Gasteiger partial charge in [-0.1, -0.05) is 36.7 Å². The molecule has 2 rings (SSSR count). The summed E-state index contributed by atoms with van der Waals surface area (Å²) in [6, 6.07) is 9.90. The summed E-state index contributed by atoms with van der Waals surface area (Å²) >= 11 is 7.85. The molecule has 106 valence electrons. The van der Waals surface area contributed by atoms with Gasteiger partial charge in [0.05, 0.1) is 0 Å². The first kappa shape index (κ1) is 15.1. The molecule has 0 unspecified atom stereocenters. The summed E-state index contributed by atoms with van der Waals surface area (Å²) in [4.78, 5) is 9.00. The largest absolute Gasteiger partial charge is 0.370 e. The highest BCUT2D eigenvalue weighted by atomic mass is 35.5. The van der Waals surface area contributed by atoms with Crippen molar-refractivity contribution in [3.05, 3.63) is 46.7 Å². The van der Waals surface area contributed by atoms with Gasteiger partial charge >= 0.3 is 0 Å². The molecule has 0 aliphatic carbocycles. The van der Waals surface area contributed by atoms with Crippen molar-refractivity contribution >= 4 is 29.2 Å². The second-order valence-electron chi connectivity index (χ2n) is 4.27. The van der Waals surface area contributed by atoms with Gasteiger partial charge in [0.15, 0.2) is 0 Å². The van der Waals surface area contributed by atoms with Crippen molar-refractivity contribution < 1.29 is 0 Å². The van der Waals surface area contributed by atoms with Crippen molar-refractivity contribution in [3.8, 4) is 0 Å². The number of thioether (sulfide) groups is 1. The van der Waals surface area contributed by atoms with Crippen molar-refractivity contribution in [2.75, 3.05) is 11.9 Å². The molecule has 1 heterocycles. The minimum Gasteiger partial charge on any atom is -0.370 e. The second-order valence-corrected chi connectivity index (χ2v) is 5.67. The molecule has 20 heavy (non-hydrogen) atoms. The van der Waals surface area contributed by atoms with Gasteiger partial charge in [-0.15, -0.1) is 11.8 Å². The van der Waals surface area contributed by atoms with Gasteiger partial charge in [0.1, 0.15) is 16.7 Å². The van der Waals surface area contributed by atoms with E-state index in [1.54, 1.807) is 11.8 Å². The second kappa shape index (κ2) is 7.50. The quantitative estimate of drug-likeness (QED) is 0.633. The Bertz CT molecular complexity index is 575. The zero-order valence-corrected chi connectivity index (χ0v) is 13.3. The first-order valence-electron chi connectivity index (χ1n) is 6.71. The van der Waals surface area contributed by atoms with Crippen LogP contribution in [0.1, 0.15) is 25.2 Å². The van der Waals surface area contributed by atoms with Crippen LogP contribution < -0.4 is 5.32 Å². The standard InChI is InChI=1S/C15H18ClN3S/c1-3-13-18-14(17-4-2)9-15(19-13)20-10-11-7-5-6-8-12(11)16/h5-9H,3-4,10H2,1-2H3,(H,17,18,19). The van der Waals surface area contributed by atoms with Crippen molar-refractivity contribution in [3.63, 3.8) is 0 Å². The molecule has 5 heteroatoms. The average Bonchev–Trinajstić information content (AvgIpc) is 2.46. The highest BCUT2D eigenvalue weighted by Crippen LogP contribution is 2.26. The summed E-state index contributed by atoms with van der Waals surface area (Å²) in [5.41, 5.74) is 1.13. The SMILES string of the molecule is CCNc1cc(SCc2ccccc2Cl)nc(CC)n1. The molecule has 0 radical (unpaired) electrons. The maximum absolute atomic E-state index is 6.17. The van der Waals surface area contributed by atoms with E-state index in [4.69, 9.17) is 11.6 Å². The molecule has 1 aromatic carbocycles. The lowest BCUT2D eigenvalue weighted by Crippen LogP contribution is -2.03. The van der Waals surface area contributed by atoms with Gasteiger partial charge in [0.2, 0.25) is 0 Å². The van der Waals surface area contributed by atoms with Gasteiger partial charge in [0.25, 0.3) is 0 Å². The number of hydrogen-bond acceptors (Lipinski definition) is 4. The first-order valence-corrected chi connectivity index (χ1v) is 8.07. The van der Waals surface area contributed by atoms with Crippen molar-refractivity contribution in [1.29, 1.82) is 0 Å². The van der Waals surface area contributed by atoms with Gasteiger partial charge in [-0.2, -0.15) is 0 Å². The fourth-order valence-electron chi connectivity index (χ4n) is 1.74. The molecule has 0 amide bonds. The number of aryl methyl sites for hydroxylation is 1. The van der Waals surface area contributed by atoms with Crippen LogP contribution in [0.4, 0.5) is 5.82 Å². The van der Waals surface area contributed by atoms with Crippen LogP contribution in [0.3, 0.4) is 0 Å². The third kappa shape index (κ3) is 4.12. The summed E-state index contributed by atoms with van der Waals surface area (Å²) in [6.07, 6.45) is 0.832. The highest BCUT2D eigenvalue weighted by molar-refractivity contribution is 7.98. The van der Waals surface area contributed by atoms with Crippen molar-refractivity contribution in [1.82, 2.24) is 9.97 Å². The number of nitrogens with zero attached hydrogens (tertiary/aromatic N) is 2. The number of nitrogens with one attached hydrogen (secondary N) is 1. The Hall–Kier alpha value is -1.26. The zero-order valence-electron chi connectivity index (χ0n) is 11.7. The maximum atomic E-state index is 6.17. The lowest BCUT2D eigenvalue weighted by atomic mass is 10.2. The van der Waals surface area contributed by atoms with E-state index in [-0.39, 0.29) is 0 Å². The smallest absolute Gasteiger partial charge is 0.131 e. The molecular formula is C15H18ClN3S.